The fourth-order valence-electron chi connectivity index (χ4n) is 15.3. The van der Waals surface area contributed by atoms with Gasteiger partial charge in [-0.3, -0.25) is 19.2 Å². The van der Waals surface area contributed by atoms with Gasteiger partial charge in [0, 0.05) is 11.8 Å². The number of alkyl halides is 12. The fraction of sp³-hybridized carbons (Fsp3) is 0.741. The summed E-state index contributed by atoms with van der Waals surface area (Å²) in [5.41, 5.74) is -10.9. The third-order valence-corrected chi connectivity index (χ3v) is 24.8. The molecule has 4 unspecified atom stereocenters. The van der Waals surface area contributed by atoms with Gasteiger partial charge >= 0.3 is 48.6 Å². The van der Waals surface area contributed by atoms with Gasteiger partial charge < -0.3 is 39.4 Å². The van der Waals surface area contributed by atoms with E-state index in [2.05, 4.69) is 53.7 Å². The predicted molar refractivity (Wildman–Crippen MR) is 397 cm³/mol. The molecule has 10 rings (SSSR count). The van der Waals surface area contributed by atoms with E-state index in [1.54, 1.807) is 24.3 Å². The Morgan fingerprint density at radius 2 is 0.743 bits per heavy atom. The number of carbonyl (C=O) groups is 4. The number of halogens is 12. The van der Waals surface area contributed by atoms with Crippen LogP contribution >= 0.6 is 0 Å². The van der Waals surface area contributed by atoms with Gasteiger partial charge in [-0.25, -0.2) is 0 Å². The maximum Gasteiger partial charge on any atom is 0.426 e. The van der Waals surface area contributed by atoms with Crippen LogP contribution < -0.4 is 0 Å². The Hall–Kier alpha value is -5.78. The second-order valence-electron chi connectivity index (χ2n) is 34.3. The lowest BCUT2D eigenvalue weighted by atomic mass is 9.54. The zero-order valence-electron chi connectivity index (χ0n) is 67.4. The predicted octanol–water partition coefficient (Wildman–Crippen LogP) is 23.7. The van der Waals surface area contributed by atoms with Crippen LogP contribution in [0.4, 0.5) is 52.7 Å². The highest BCUT2D eigenvalue weighted by atomic mass is 19.4. The summed E-state index contributed by atoms with van der Waals surface area (Å²) in [6.45, 7) is 32.7. The first-order valence-corrected chi connectivity index (χ1v) is 39.4. The number of benzene rings is 3. The summed E-state index contributed by atoms with van der Waals surface area (Å²) in [5.74, 6) is -3.71. The number of ether oxygens (including phenoxy) is 4. The van der Waals surface area contributed by atoms with Crippen molar-refractivity contribution in [2.45, 2.75) is 349 Å². The monoisotopic (exact) mass is 1570 g/mol. The molecule has 0 radical (unpaired) electrons. The summed E-state index contributed by atoms with van der Waals surface area (Å²) in [6, 6.07) is 25.1. The van der Waals surface area contributed by atoms with Crippen LogP contribution in [-0.4, -0.2) is 97.5 Å². The molecule has 7 aliphatic rings. The van der Waals surface area contributed by atoms with Gasteiger partial charge in [0.25, 0.3) is 11.2 Å². The molecule has 0 aromatic heterocycles. The number of hydrogen-bond donors (Lipinski definition) is 4. The lowest BCUT2D eigenvalue weighted by Crippen LogP contribution is -2.67. The Morgan fingerprint density at radius 1 is 0.422 bits per heavy atom. The number of esters is 4. The van der Waals surface area contributed by atoms with E-state index in [4.69, 9.17) is 29.2 Å². The maximum atomic E-state index is 13.3. The van der Waals surface area contributed by atoms with E-state index in [9.17, 15) is 82.1 Å². The van der Waals surface area contributed by atoms with Gasteiger partial charge in [-0.2, -0.15) is 52.7 Å². The molecule has 3 aromatic carbocycles. The number of aromatic hydroxyl groups is 2. The lowest BCUT2D eigenvalue weighted by molar-refractivity contribution is -0.405. The van der Waals surface area contributed by atoms with Crippen molar-refractivity contribution < 1.29 is 111 Å². The minimum Gasteiger partial charge on any atom is -0.508 e. The van der Waals surface area contributed by atoms with Gasteiger partial charge in [-0.15, -0.1) is 0 Å². The summed E-state index contributed by atoms with van der Waals surface area (Å²) in [4.78, 5) is 49.1. The van der Waals surface area contributed by atoms with Crippen molar-refractivity contribution in [3.8, 4) is 11.5 Å². The van der Waals surface area contributed by atoms with Gasteiger partial charge in [0.05, 0.1) is 21.7 Å². The van der Waals surface area contributed by atoms with Crippen LogP contribution in [0.2, 0.25) is 0 Å². The smallest absolute Gasteiger partial charge is 0.426 e. The Kier molecular flexibility index (Phi) is 33.6. The molecule has 622 valence electrons. The Morgan fingerprint density at radius 3 is 1.06 bits per heavy atom. The van der Waals surface area contributed by atoms with E-state index < -0.39 is 95.5 Å². The molecule has 7 saturated carbocycles. The van der Waals surface area contributed by atoms with E-state index in [-0.39, 0.29) is 46.4 Å². The normalized spacial score (nSPS) is 23.3. The van der Waals surface area contributed by atoms with Crippen LogP contribution in [0.1, 0.15) is 307 Å². The molecule has 7 aliphatic carbocycles. The average molecular weight is 1570 g/mol. The zero-order chi connectivity index (χ0) is 83.0. The van der Waals surface area contributed by atoms with Gasteiger partial charge in [0.15, 0.2) is 0 Å². The second kappa shape index (κ2) is 38.4. The Bertz CT molecular complexity index is 3130. The van der Waals surface area contributed by atoms with Gasteiger partial charge in [0.2, 0.25) is 0 Å². The summed E-state index contributed by atoms with van der Waals surface area (Å²) in [5, 5.41) is 37.3. The summed E-state index contributed by atoms with van der Waals surface area (Å²) in [6.07, 6.45) is -10.7. The van der Waals surface area contributed by atoms with Crippen LogP contribution in [0.3, 0.4) is 0 Å². The van der Waals surface area contributed by atoms with Gasteiger partial charge in [-0.1, -0.05) is 123 Å². The molecule has 4 bridgehead atoms. The molecule has 4 N–H and O–H groups in total. The number of rotatable bonds is 20. The molecule has 0 heterocycles. The molecule has 12 nitrogen and oxygen atoms in total. The van der Waals surface area contributed by atoms with E-state index in [1.165, 1.54) is 70.4 Å². The van der Waals surface area contributed by atoms with E-state index >= 15 is 0 Å². The molecule has 4 atom stereocenters. The highest BCUT2D eigenvalue weighted by molar-refractivity contribution is 5.78. The van der Waals surface area contributed by atoms with Crippen molar-refractivity contribution in [1.82, 2.24) is 0 Å². The van der Waals surface area contributed by atoms with Crippen LogP contribution in [0.15, 0.2) is 78.9 Å². The molecule has 109 heavy (non-hydrogen) atoms. The Labute approximate surface area is 639 Å². The molecular weight excluding hydrogens is 1440 g/mol. The maximum absolute atomic E-state index is 13.3. The highest BCUT2D eigenvalue weighted by Gasteiger charge is 2.78. The lowest BCUT2D eigenvalue weighted by Gasteiger charge is -2.56. The summed E-state index contributed by atoms with van der Waals surface area (Å²) < 4.78 is 183. The largest absolute Gasteiger partial charge is 0.508 e. The minimum atomic E-state index is -6.58. The van der Waals surface area contributed by atoms with E-state index in [1.807, 2.05) is 97.9 Å². The molecular formula is C85H126F12O12. The van der Waals surface area contributed by atoms with Crippen molar-refractivity contribution in [1.29, 1.82) is 0 Å². The first-order valence-electron chi connectivity index (χ1n) is 39.4. The van der Waals surface area contributed by atoms with Crippen LogP contribution in [0.5, 0.6) is 11.5 Å². The molecule has 0 amide bonds. The van der Waals surface area contributed by atoms with Crippen molar-refractivity contribution in [2.24, 2.45) is 51.2 Å². The fourth-order valence-corrected chi connectivity index (χ4v) is 15.3. The van der Waals surface area contributed by atoms with Crippen molar-refractivity contribution in [3.63, 3.8) is 0 Å². The average Bonchev–Trinajstić information content (AvgIpc) is 1.10. The number of hydrogen-bond acceptors (Lipinski definition) is 12. The second-order valence-corrected chi connectivity index (χ2v) is 34.3. The zero-order valence-corrected chi connectivity index (χ0v) is 67.4. The molecule has 3 aromatic rings. The Balaban J connectivity index is 0.000000290. The number of carbonyl (C=O) groups excluding carboxylic acids is 4. The third kappa shape index (κ3) is 24.6. The quantitative estimate of drug-likeness (QED) is 0.0477. The SMILES string of the molecule is CCC(C)(C)C(=O)OC1(c2ccccc2)CCCCC1.CCC(C)(C)C(=O)OC12CC3CC(CC(C3)C1)C2.CCC(C)(C)C(=O)OC1CC(C(O)(C(F)(F)F)C(F)(F)F)CC(C(O)(C(F)(F)F)C(F)(F)F)C1.CCC(C)c1ccc(O)cc1.CCC(C)c1ccc(O)cc1.CCC1(OC(=O)C(C)(C)CC)CCCC1. The van der Waals surface area contributed by atoms with Crippen molar-refractivity contribution in [2.75, 3.05) is 0 Å². The number of phenolic OH excluding ortho intramolecular Hbond substituents is 2. The highest BCUT2D eigenvalue weighted by Crippen LogP contribution is 2.60. The van der Waals surface area contributed by atoms with Gasteiger partial charge in [0.1, 0.15) is 34.4 Å². The van der Waals surface area contributed by atoms with Crippen LogP contribution in [0.25, 0.3) is 0 Å². The molecule has 0 aliphatic heterocycles. The first-order chi connectivity index (χ1) is 50.1. The van der Waals surface area contributed by atoms with Crippen LogP contribution in [-0.2, 0) is 43.7 Å². The molecule has 0 spiro atoms. The first kappa shape index (κ1) is 95.6. The van der Waals surface area contributed by atoms with Gasteiger partial charge in [-0.05, 0) is 280 Å². The molecule has 0 saturated heterocycles. The van der Waals surface area contributed by atoms with E-state index in [0.29, 0.717) is 23.3 Å². The van der Waals surface area contributed by atoms with Crippen molar-refractivity contribution in [3.05, 3.63) is 95.6 Å². The number of aliphatic hydroxyl groups is 2. The molecule has 7 fully saturated rings. The standard InChI is InChI=1S/C18H22F12O4.C18H26O2.C16H26O2.C13H24O2.2C10H14O/c1-4-12(2,3)11(31)34-10-6-8(13(32,15(19,20)21)16(22,23)24)5-9(7-10)14(33,17(25,26)27)18(28,29)30;1-4-17(2,3)16(19)20-18(13-9-6-10-14-18)15-11-7-5-8-12-15;1-4-15(2,3)14(17)18-16-8-11-5-12(9-16)7-13(6-11)10-16;1-5-12(3,4)11(14)15-13(6-2)9-7-8-10-13;2*1-3-8(2)9-4-6-10(11)7-5-9/h8-10,32-33H,4-7H2,1-3H3;5,7-8,11-12H,4,6,9-10,13-14H2,1-3H3;11-13H,4-10H2,1-3H3;5-10H2,1-4H3;2*4-8,11H,3H2,1-2H3. The van der Waals surface area contributed by atoms with Crippen molar-refractivity contribution >= 4 is 23.9 Å². The topological polar surface area (TPSA) is 186 Å². The molecule has 24 heteroatoms. The summed E-state index contributed by atoms with van der Waals surface area (Å²) in [7, 11) is 0. The summed E-state index contributed by atoms with van der Waals surface area (Å²) >= 11 is 0. The van der Waals surface area contributed by atoms with Crippen LogP contribution in [0, 0.1) is 51.2 Å². The van der Waals surface area contributed by atoms with E-state index in [0.717, 1.165) is 120 Å². The number of phenols is 2. The third-order valence-electron chi connectivity index (χ3n) is 24.8. The minimum absolute atomic E-state index is 0.0184.